The molecule has 1 aromatic heterocycles. The molecule has 2 unspecified atom stereocenters. The van der Waals surface area contributed by atoms with E-state index in [1.54, 1.807) is 10.9 Å². The van der Waals surface area contributed by atoms with Gasteiger partial charge in [0.15, 0.2) is 0 Å². The van der Waals surface area contributed by atoms with Crippen molar-refractivity contribution < 1.29 is 4.79 Å². The molecular weight excluding hydrogens is 312 g/mol. The number of aromatic nitrogens is 2. The Hall–Kier alpha value is -1.85. The first kappa shape index (κ1) is 16.0. The minimum absolute atomic E-state index is 0. The summed E-state index contributed by atoms with van der Waals surface area (Å²) in [6.45, 7) is 1.94. The van der Waals surface area contributed by atoms with E-state index in [4.69, 9.17) is 0 Å². The van der Waals surface area contributed by atoms with Crippen LogP contribution in [-0.2, 0) is 0 Å². The van der Waals surface area contributed by atoms with E-state index in [-0.39, 0.29) is 18.3 Å². The van der Waals surface area contributed by atoms with Crippen LogP contribution < -0.4 is 5.32 Å². The van der Waals surface area contributed by atoms with Crippen LogP contribution in [0.5, 0.6) is 0 Å². The standard InChI is InChI=1S/C17H20N4O.ClH/c22-17(21-15-6-7-16(21)12-18-10-8-15)13-2-4-14(5-3-13)20-11-1-9-19-20;/h1-5,9,11,15-16,18H,6-8,10,12H2;1H. The highest BCUT2D eigenvalue weighted by Gasteiger charge is 2.38. The van der Waals surface area contributed by atoms with Crippen LogP contribution in [0.3, 0.4) is 0 Å². The lowest BCUT2D eigenvalue weighted by molar-refractivity contribution is 0.0680. The van der Waals surface area contributed by atoms with Crippen molar-refractivity contribution in [2.45, 2.75) is 31.3 Å². The van der Waals surface area contributed by atoms with Crippen molar-refractivity contribution in [1.29, 1.82) is 0 Å². The van der Waals surface area contributed by atoms with Gasteiger partial charge in [-0.1, -0.05) is 0 Å². The largest absolute Gasteiger partial charge is 0.331 e. The summed E-state index contributed by atoms with van der Waals surface area (Å²) >= 11 is 0. The fraction of sp³-hybridized carbons (Fsp3) is 0.412. The van der Waals surface area contributed by atoms with Gasteiger partial charge in [-0.2, -0.15) is 5.10 Å². The first-order valence-electron chi connectivity index (χ1n) is 7.96. The number of halogens is 1. The van der Waals surface area contributed by atoms with E-state index in [1.165, 1.54) is 0 Å². The number of nitrogens with zero attached hydrogens (tertiary/aromatic N) is 3. The van der Waals surface area contributed by atoms with Gasteiger partial charge in [-0.05, 0) is 56.1 Å². The maximum absolute atomic E-state index is 12.9. The molecule has 2 atom stereocenters. The molecule has 0 saturated carbocycles. The SMILES string of the molecule is Cl.O=C(c1ccc(-n2cccn2)cc1)N1C2CCNCC1CC2. The maximum Gasteiger partial charge on any atom is 0.254 e. The number of hydrogen-bond acceptors (Lipinski definition) is 3. The van der Waals surface area contributed by atoms with Crippen molar-refractivity contribution in [3.63, 3.8) is 0 Å². The van der Waals surface area contributed by atoms with Crippen LogP contribution in [0.2, 0.25) is 0 Å². The van der Waals surface area contributed by atoms with Crippen LogP contribution in [-0.4, -0.2) is 45.8 Å². The molecule has 23 heavy (non-hydrogen) atoms. The molecule has 1 N–H and O–H groups in total. The molecule has 0 radical (unpaired) electrons. The van der Waals surface area contributed by atoms with Gasteiger partial charge in [0.25, 0.3) is 5.91 Å². The van der Waals surface area contributed by atoms with Gasteiger partial charge in [0.05, 0.1) is 5.69 Å². The Kier molecular flexibility index (Phi) is 4.68. The van der Waals surface area contributed by atoms with Gasteiger partial charge in [-0.25, -0.2) is 4.68 Å². The van der Waals surface area contributed by atoms with Crippen molar-refractivity contribution >= 4 is 18.3 Å². The van der Waals surface area contributed by atoms with Gasteiger partial charge in [0.1, 0.15) is 0 Å². The van der Waals surface area contributed by atoms with Gasteiger partial charge in [-0.3, -0.25) is 4.79 Å². The van der Waals surface area contributed by atoms with E-state index in [0.717, 1.165) is 43.6 Å². The van der Waals surface area contributed by atoms with Crippen LogP contribution in [0.1, 0.15) is 29.6 Å². The molecule has 122 valence electrons. The predicted octanol–water partition coefficient (Wildman–Crippen LogP) is 2.26. The highest BCUT2D eigenvalue weighted by atomic mass is 35.5. The molecule has 2 aromatic rings. The Labute approximate surface area is 142 Å². The summed E-state index contributed by atoms with van der Waals surface area (Å²) in [5.74, 6) is 0.170. The van der Waals surface area contributed by atoms with E-state index in [9.17, 15) is 4.79 Å². The second-order valence-corrected chi connectivity index (χ2v) is 6.09. The Morgan fingerprint density at radius 3 is 2.65 bits per heavy atom. The summed E-state index contributed by atoms with van der Waals surface area (Å²) in [4.78, 5) is 15.0. The van der Waals surface area contributed by atoms with E-state index in [2.05, 4.69) is 15.3 Å². The summed E-state index contributed by atoms with van der Waals surface area (Å²) in [7, 11) is 0. The molecule has 2 bridgehead atoms. The second-order valence-electron chi connectivity index (χ2n) is 6.09. The van der Waals surface area contributed by atoms with Gasteiger partial charge in [0.2, 0.25) is 0 Å². The molecule has 4 rings (SSSR count). The third kappa shape index (κ3) is 2.99. The van der Waals surface area contributed by atoms with Gasteiger partial charge >= 0.3 is 0 Å². The Bertz CT molecular complexity index is 642. The topological polar surface area (TPSA) is 50.2 Å². The highest BCUT2D eigenvalue weighted by molar-refractivity contribution is 5.95. The summed E-state index contributed by atoms with van der Waals surface area (Å²) < 4.78 is 1.80. The zero-order valence-corrected chi connectivity index (χ0v) is 13.7. The van der Waals surface area contributed by atoms with E-state index < -0.39 is 0 Å². The zero-order chi connectivity index (χ0) is 14.9. The first-order valence-corrected chi connectivity index (χ1v) is 7.96. The summed E-state index contributed by atoms with van der Waals surface area (Å²) in [6.07, 6.45) is 6.98. The average molecular weight is 333 g/mol. The molecule has 5 nitrogen and oxygen atoms in total. The third-order valence-electron chi connectivity index (χ3n) is 4.77. The number of amides is 1. The van der Waals surface area contributed by atoms with Gasteiger partial charge < -0.3 is 10.2 Å². The van der Waals surface area contributed by atoms with E-state index in [0.29, 0.717) is 12.1 Å². The molecule has 0 aliphatic carbocycles. The maximum atomic E-state index is 12.9. The third-order valence-corrected chi connectivity index (χ3v) is 4.77. The normalized spacial score (nSPS) is 23.2. The number of fused-ring (bicyclic) bond motifs is 2. The molecule has 2 fully saturated rings. The molecule has 2 saturated heterocycles. The Balaban J connectivity index is 0.00000156. The van der Waals surface area contributed by atoms with Crippen molar-refractivity contribution in [3.05, 3.63) is 48.3 Å². The van der Waals surface area contributed by atoms with Gasteiger partial charge in [0, 0.05) is 36.6 Å². The molecular formula is C17H21ClN4O. The molecule has 1 aromatic carbocycles. The fourth-order valence-corrected chi connectivity index (χ4v) is 3.64. The Morgan fingerprint density at radius 2 is 1.91 bits per heavy atom. The van der Waals surface area contributed by atoms with Crippen LogP contribution in [0, 0.1) is 0 Å². The fourth-order valence-electron chi connectivity index (χ4n) is 3.64. The molecule has 2 aliphatic heterocycles. The van der Waals surface area contributed by atoms with E-state index in [1.807, 2.05) is 36.5 Å². The number of nitrogens with one attached hydrogen (secondary N) is 1. The van der Waals surface area contributed by atoms with Crippen LogP contribution in [0.4, 0.5) is 0 Å². The minimum Gasteiger partial charge on any atom is -0.331 e. The quantitative estimate of drug-likeness (QED) is 0.917. The predicted molar refractivity (Wildman–Crippen MR) is 91.3 cm³/mol. The lowest BCUT2D eigenvalue weighted by Crippen LogP contribution is -2.42. The average Bonchev–Trinajstić information content (AvgIpc) is 3.14. The summed E-state index contributed by atoms with van der Waals surface area (Å²) in [6, 6.07) is 10.4. The molecule has 1 amide bonds. The number of benzene rings is 1. The molecule has 3 heterocycles. The summed E-state index contributed by atoms with van der Waals surface area (Å²) in [5.41, 5.74) is 1.75. The highest BCUT2D eigenvalue weighted by Crippen LogP contribution is 2.29. The smallest absolute Gasteiger partial charge is 0.254 e. The van der Waals surface area contributed by atoms with Crippen molar-refractivity contribution in [2.24, 2.45) is 0 Å². The van der Waals surface area contributed by atoms with E-state index >= 15 is 0 Å². The van der Waals surface area contributed by atoms with Crippen molar-refractivity contribution in [2.75, 3.05) is 13.1 Å². The Morgan fingerprint density at radius 1 is 1.13 bits per heavy atom. The minimum atomic E-state index is 0. The first-order chi connectivity index (χ1) is 10.8. The second kappa shape index (κ2) is 6.72. The van der Waals surface area contributed by atoms with Crippen molar-refractivity contribution in [1.82, 2.24) is 20.0 Å². The van der Waals surface area contributed by atoms with Crippen molar-refractivity contribution in [3.8, 4) is 5.69 Å². The number of carbonyl (C=O) groups is 1. The summed E-state index contributed by atoms with van der Waals surface area (Å²) in [5, 5.41) is 7.65. The number of carbonyl (C=O) groups excluding carboxylic acids is 1. The zero-order valence-electron chi connectivity index (χ0n) is 12.9. The van der Waals surface area contributed by atoms with Gasteiger partial charge in [-0.15, -0.1) is 12.4 Å². The molecule has 2 aliphatic rings. The molecule has 6 heteroatoms. The number of hydrogen-bond donors (Lipinski definition) is 1. The number of rotatable bonds is 2. The monoisotopic (exact) mass is 332 g/mol. The van der Waals surface area contributed by atoms with Crippen LogP contribution >= 0.6 is 12.4 Å². The van der Waals surface area contributed by atoms with Crippen LogP contribution in [0.25, 0.3) is 5.69 Å². The van der Waals surface area contributed by atoms with Crippen LogP contribution in [0.15, 0.2) is 42.7 Å². The lowest BCUT2D eigenvalue weighted by atomic mass is 10.1. The lowest BCUT2D eigenvalue weighted by Gasteiger charge is -2.28. The molecule has 0 spiro atoms.